The van der Waals surface area contributed by atoms with Gasteiger partial charge >= 0.3 is 0 Å². The maximum Gasteiger partial charge on any atom is 0.137 e. The van der Waals surface area contributed by atoms with Crippen LogP contribution in [0.15, 0.2) is 30.9 Å². The Morgan fingerprint density at radius 2 is 2.24 bits per heavy atom. The van der Waals surface area contributed by atoms with E-state index >= 15 is 0 Å². The topological polar surface area (TPSA) is 71.2 Å². The van der Waals surface area contributed by atoms with Crippen LogP contribution in [-0.4, -0.2) is 25.0 Å². The summed E-state index contributed by atoms with van der Waals surface area (Å²) in [5, 5.41) is 25.5. The molecule has 2 aromatic rings. The third kappa shape index (κ3) is 2.76. The largest absolute Gasteiger partial charge is 0.506 e. The van der Waals surface area contributed by atoms with Crippen LogP contribution in [-0.2, 0) is 12.1 Å². The van der Waals surface area contributed by atoms with E-state index in [-0.39, 0.29) is 16.7 Å². The van der Waals surface area contributed by atoms with Crippen LogP contribution in [0, 0.1) is 11.8 Å². The van der Waals surface area contributed by atoms with Gasteiger partial charge in [-0.3, -0.25) is 0 Å². The van der Waals surface area contributed by atoms with Crippen molar-refractivity contribution >= 4 is 11.6 Å². The Hall–Kier alpha value is -1.59. The number of hydrogen-bond acceptors (Lipinski definition) is 4. The average molecular weight is 308 g/mol. The lowest BCUT2D eigenvalue weighted by Gasteiger charge is -2.35. The zero-order chi connectivity index (χ0) is 15.0. The van der Waals surface area contributed by atoms with Crippen molar-refractivity contribution < 1.29 is 10.2 Å². The summed E-state index contributed by atoms with van der Waals surface area (Å²) >= 11 is 5.87. The van der Waals surface area contributed by atoms with Crippen molar-refractivity contribution in [1.82, 2.24) is 14.8 Å². The fourth-order valence-corrected chi connectivity index (χ4v) is 2.95. The number of halogens is 1. The second-order valence-corrected chi connectivity index (χ2v) is 6.22. The lowest BCUT2D eigenvalue weighted by Crippen LogP contribution is -2.39. The van der Waals surface area contributed by atoms with Gasteiger partial charge in [0.1, 0.15) is 24.0 Å². The Labute approximate surface area is 128 Å². The minimum absolute atomic E-state index is 0.0193. The molecule has 1 aromatic carbocycles. The van der Waals surface area contributed by atoms with Gasteiger partial charge in [0.2, 0.25) is 0 Å². The van der Waals surface area contributed by atoms with Crippen molar-refractivity contribution in [3.05, 3.63) is 41.4 Å². The number of benzene rings is 1. The van der Waals surface area contributed by atoms with E-state index in [0.717, 1.165) is 12.8 Å². The molecule has 2 unspecified atom stereocenters. The molecular formula is C15H18ClN3O2. The molecule has 0 spiro atoms. The number of aromatic nitrogens is 3. The van der Waals surface area contributed by atoms with Gasteiger partial charge in [-0.1, -0.05) is 24.6 Å². The summed E-state index contributed by atoms with van der Waals surface area (Å²) in [7, 11) is 0. The first-order chi connectivity index (χ1) is 10.0. The highest BCUT2D eigenvalue weighted by atomic mass is 35.5. The van der Waals surface area contributed by atoms with Crippen molar-refractivity contribution in [3.8, 4) is 5.75 Å². The number of nitrogens with zero attached hydrogens (tertiary/aromatic N) is 3. The summed E-state index contributed by atoms with van der Waals surface area (Å²) in [6, 6.07) is 4.91. The van der Waals surface area contributed by atoms with E-state index in [4.69, 9.17) is 11.6 Å². The van der Waals surface area contributed by atoms with Crippen LogP contribution in [0.4, 0.5) is 0 Å². The van der Waals surface area contributed by atoms with Gasteiger partial charge in [-0.05, 0) is 42.4 Å². The van der Waals surface area contributed by atoms with E-state index in [1.54, 1.807) is 23.1 Å². The van der Waals surface area contributed by atoms with Crippen molar-refractivity contribution in [2.75, 3.05) is 0 Å². The molecule has 0 saturated heterocycles. The van der Waals surface area contributed by atoms with Gasteiger partial charge in [0.25, 0.3) is 0 Å². The second kappa shape index (κ2) is 5.31. The van der Waals surface area contributed by atoms with Crippen LogP contribution in [0.1, 0.15) is 25.3 Å². The fourth-order valence-electron chi connectivity index (χ4n) is 2.83. The molecule has 0 radical (unpaired) electrons. The number of hydrogen-bond donors (Lipinski definition) is 2. The van der Waals surface area contributed by atoms with Crippen molar-refractivity contribution in [2.24, 2.45) is 11.8 Å². The third-order valence-electron chi connectivity index (χ3n) is 4.40. The molecule has 3 rings (SSSR count). The lowest BCUT2D eigenvalue weighted by molar-refractivity contribution is -0.0443. The Bertz CT molecular complexity index is 628. The van der Waals surface area contributed by atoms with Gasteiger partial charge in [0.05, 0.1) is 11.6 Å². The zero-order valence-electron chi connectivity index (χ0n) is 11.8. The molecule has 0 bridgehead atoms. The van der Waals surface area contributed by atoms with Gasteiger partial charge in [0, 0.05) is 0 Å². The Balaban J connectivity index is 1.99. The molecule has 5 nitrogen and oxygen atoms in total. The number of rotatable bonds is 5. The van der Waals surface area contributed by atoms with E-state index in [1.807, 2.05) is 6.92 Å². The monoisotopic (exact) mass is 307 g/mol. The van der Waals surface area contributed by atoms with E-state index in [1.165, 1.54) is 12.4 Å². The summed E-state index contributed by atoms with van der Waals surface area (Å²) in [6.45, 7) is 2.34. The van der Waals surface area contributed by atoms with E-state index in [0.29, 0.717) is 18.0 Å². The number of phenols is 1. The maximum atomic E-state index is 11.3. The molecule has 1 aromatic heterocycles. The average Bonchev–Trinajstić information content (AvgIpc) is 3.19. The molecule has 0 amide bonds. The van der Waals surface area contributed by atoms with Crippen LogP contribution < -0.4 is 0 Å². The molecule has 2 atom stereocenters. The Kier molecular flexibility index (Phi) is 3.63. The van der Waals surface area contributed by atoms with Crippen LogP contribution in [0.25, 0.3) is 0 Å². The highest BCUT2D eigenvalue weighted by Crippen LogP contribution is 2.47. The third-order valence-corrected chi connectivity index (χ3v) is 4.72. The number of aromatic hydroxyl groups is 1. The van der Waals surface area contributed by atoms with Crippen molar-refractivity contribution in [1.29, 1.82) is 0 Å². The summed E-state index contributed by atoms with van der Waals surface area (Å²) < 4.78 is 1.62. The molecule has 1 saturated carbocycles. The van der Waals surface area contributed by atoms with Gasteiger partial charge in [-0.15, -0.1) is 0 Å². The van der Waals surface area contributed by atoms with E-state index in [9.17, 15) is 10.2 Å². The van der Waals surface area contributed by atoms with Crippen molar-refractivity contribution in [2.45, 2.75) is 31.9 Å². The molecule has 1 fully saturated rings. The highest BCUT2D eigenvalue weighted by molar-refractivity contribution is 6.32. The van der Waals surface area contributed by atoms with Gasteiger partial charge in [-0.2, -0.15) is 5.10 Å². The van der Waals surface area contributed by atoms with Crippen LogP contribution >= 0.6 is 11.6 Å². The Morgan fingerprint density at radius 3 is 2.81 bits per heavy atom. The molecule has 0 aliphatic heterocycles. The smallest absolute Gasteiger partial charge is 0.137 e. The molecule has 6 heteroatoms. The quantitative estimate of drug-likeness (QED) is 0.890. The molecule has 21 heavy (non-hydrogen) atoms. The summed E-state index contributed by atoms with van der Waals surface area (Å²) in [5.74, 6) is 0.535. The van der Waals surface area contributed by atoms with Gasteiger partial charge in [0.15, 0.2) is 0 Å². The number of phenolic OH excluding ortho intramolecular Hbond substituents is 1. The summed E-state index contributed by atoms with van der Waals surface area (Å²) in [6.07, 6.45) is 5.28. The lowest BCUT2D eigenvalue weighted by atomic mass is 9.79. The molecule has 1 aliphatic carbocycles. The SMILES string of the molecule is CC(C1CC1)C(O)(Cn1cncn1)c1ccc(Cl)c(O)c1. The van der Waals surface area contributed by atoms with Crippen molar-refractivity contribution in [3.63, 3.8) is 0 Å². The zero-order valence-corrected chi connectivity index (χ0v) is 12.5. The maximum absolute atomic E-state index is 11.3. The van der Waals surface area contributed by atoms with E-state index < -0.39 is 5.60 Å². The van der Waals surface area contributed by atoms with Crippen LogP contribution in [0.3, 0.4) is 0 Å². The van der Waals surface area contributed by atoms with Crippen LogP contribution in [0.5, 0.6) is 5.75 Å². The highest BCUT2D eigenvalue weighted by Gasteiger charge is 2.44. The molecule has 1 aliphatic rings. The summed E-state index contributed by atoms with van der Waals surface area (Å²) in [4.78, 5) is 3.92. The molecule has 1 heterocycles. The normalized spacial score (nSPS) is 19.2. The van der Waals surface area contributed by atoms with Gasteiger partial charge in [-0.25, -0.2) is 9.67 Å². The molecular weight excluding hydrogens is 290 g/mol. The predicted octanol–water partition coefficient (Wildman–Crippen LogP) is 2.57. The van der Waals surface area contributed by atoms with E-state index in [2.05, 4.69) is 10.1 Å². The second-order valence-electron chi connectivity index (χ2n) is 5.81. The minimum Gasteiger partial charge on any atom is -0.506 e. The first kappa shape index (κ1) is 14.4. The van der Waals surface area contributed by atoms with Gasteiger partial charge < -0.3 is 10.2 Å². The predicted molar refractivity (Wildman–Crippen MR) is 78.9 cm³/mol. The molecule has 2 N–H and O–H groups in total. The Morgan fingerprint density at radius 1 is 1.48 bits per heavy atom. The fraction of sp³-hybridized carbons (Fsp3) is 0.467. The molecule has 112 valence electrons. The summed E-state index contributed by atoms with van der Waals surface area (Å²) in [5.41, 5.74) is -0.462. The standard InChI is InChI=1S/C15H18ClN3O2/c1-10(11-2-3-11)15(21,7-19-9-17-8-18-19)12-4-5-13(16)14(20)6-12/h4-6,8-11,20-21H,2-3,7H2,1H3. The number of aliphatic hydroxyl groups is 1. The first-order valence-corrected chi connectivity index (χ1v) is 7.42. The van der Waals surface area contributed by atoms with Crippen LogP contribution in [0.2, 0.25) is 5.02 Å². The minimum atomic E-state index is -1.11. The first-order valence-electron chi connectivity index (χ1n) is 7.04.